The van der Waals surface area contributed by atoms with Crippen molar-refractivity contribution in [3.8, 4) is 0 Å². The Labute approximate surface area is 71.4 Å². The van der Waals surface area contributed by atoms with E-state index >= 15 is 0 Å². The normalized spacial score (nSPS) is 31.6. The van der Waals surface area contributed by atoms with Crippen LogP contribution in [0.1, 0.15) is 53.4 Å². The third-order valence-corrected chi connectivity index (χ3v) is 4.13. The van der Waals surface area contributed by atoms with E-state index in [1.807, 2.05) is 0 Å². The van der Waals surface area contributed by atoms with E-state index in [0.717, 1.165) is 11.8 Å². The van der Waals surface area contributed by atoms with Crippen LogP contribution < -0.4 is 0 Å². The molecule has 0 radical (unpaired) electrons. The molecule has 0 aromatic carbocycles. The van der Waals surface area contributed by atoms with Crippen molar-refractivity contribution in [3.63, 3.8) is 0 Å². The van der Waals surface area contributed by atoms with Gasteiger partial charge in [-0.1, -0.05) is 47.0 Å². The first kappa shape index (κ1) is 9.09. The Morgan fingerprint density at radius 1 is 1.18 bits per heavy atom. The summed E-state index contributed by atoms with van der Waals surface area (Å²) in [6, 6.07) is 0. The standard InChI is InChI=1S/C11H22/c1-5-11(4,6-2)10-8-7-9(10)3/h9-10H,5-8H2,1-4H3. The smallest absolute Gasteiger partial charge is 0.0300 e. The van der Waals surface area contributed by atoms with Gasteiger partial charge in [-0.2, -0.15) is 0 Å². The van der Waals surface area contributed by atoms with E-state index in [1.54, 1.807) is 0 Å². The first-order valence-corrected chi connectivity index (χ1v) is 5.14. The van der Waals surface area contributed by atoms with Crippen LogP contribution in [0.4, 0.5) is 0 Å². The van der Waals surface area contributed by atoms with Gasteiger partial charge in [-0.25, -0.2) is 0 Å². The molecule has 1 rings (SSSR count). The average molecular weight is 154 g/mol. The molecule has 1 aliphatic rings. The zero-order valence-electron chi connectivity index (χ0n) is 8.48. The molecule has 0 saturated heterocycles. The third kappa shape index (κ3) is 1.45. The Morgan fingerprint density at radius 3 is 1.82 bits per heavy atom. The van der Waals surface area contributed by atoms with E-state index in [4.69, 9.17) is 0 Å². The number of hydrogen-bond acceptors (Lipinski definition) is 0. The minimum atomic E-state index is 0.650. The van der Waals surface area contributed by atoms with Crippen LogP contribution in [-0.2, 0) is 0 Å². The maximum atomic E-state index is 2.47. The summed E-state index contributed by atoms with van der Waals surface area (Å²) in [5.74, 6) is 2.03. The highest BCUT2D eigenvalue weighted by Crippen LogP contribution is 2.49. The van der Waals surface area contributed by atoms with Gasteiger partial charge in [0.1, 0.15) is 0 Å². The van der Waals surface area contributed by atoms with Crippen LogP contribution in [0.15, 0.2) is 0 Å². The van der Waals surface area contributed by atoms with Crippen molar-refractivity contribution in [1.82, 2.24) is 0 Å². The van der Waals surface area contributed by atoms with Gasteiger partial charge >= 0.3 is 0 Å². The minimum Gasteiger partial charge on any atom is -0.0649 e. The molecule has 66 valence electrons. The highest BCUT2D eigenvalue weighted by molar-refractivity contribution is 4.89. The van der Waals surface area contributed by atoms with Crippen molar-refractivity contribution in [1.29, 1.82) is 0 Å². The van der Waals surface area contributed by atoms with Crippen molar-refractivity contribution < 1.29 is 0 Å². The van der Waals surface area contributed by atoms with Gasteiger partial charge in [0, 0.05) is 0 Å². The van der Waals surface area contributed by atoms with Gasteiger partial charge in [0.15, 0.2) is 0 Å². The summed E-state index contributed by atoms with van der Waals surface area (Å²) in [4.78, 5) is 0. The molecule has 2 unspecified atom stereocenters. The summed E-state index contributed by atoms with van der Waals surface area (Å²) in [6.45, 7) is 9.56. The molecule has 0 aromatic rings. The third-order valence-electron chi connectivity index (χ3n) is 4.13. The predicted octanol–water partition coefficient (Wildman–Crippen LogP) is 3.86. The summed E-state index contributed by atoms with van der Waals surface area (Å²) in [7, 11) is 0. The van der Waals surface area contributed by atoms with Crippen LogP contribution in [0.5, 0.6) is 0 Å². The van der Waals surface area contributed by atoms with E-state index in [-0.39, 0.29) is 0 Å². The summed E-state index contributed by atoms with van der Waals surface area (Å²) in [6.07, 6.45) is 5.68. The fraction of sp³-hybridized carbons (Fsp3) is 1.00. The highest BCUT2D eigenvalue weighted by Gasteiger charge is 2.39. The number of hydrogen-bond donors (Lipinski definition) is 0. The van der Waals surface area contributed by atoms with Gasteiger partial charge in [0.2, 0.25) is 0 Å². The zero-order chi connectivity index (χ0) is 8.48. The molecular formula is C11H22. The monoisotopic (exact) mass is 154 g/mol. The van der Waals surface area contributed by atoms with Crippen molar-refractivity contribution in [2.75, 3.05) is 0 Å². The maximum absolute atomic E-state index is 2.47. The molecule has 1 saturated carbocycles. The molecular weight excluding hydrogens is 132 g/mol. The van der Waals surface area contributed by atoms with Gasteiger partial charge in [-0.05, 0) is 23.7 Å². The first-order chi connectivity index (χ1) is 5.14. The van der Waals surface area contributed by atoms with Crippen LogP contribution in [0, 0.1) is 17.3 Å². The second-order valence-electron chi connectivity index (χ2n) is 4.52. The molecule has 1 fully saturated rings. The minimum absolute atomic E-state index is 0.650. The summed E-state index contributed by atoms with van der Waals surface area (Å²) in [5.41, 5.74) is 0.650. The summed E-state index contributed by atoms with van der Waals surface area (Å²) >= 11 is 0. The Kier molecular flexibility index (Phi) is 2.61. The molecule has 0 bridgehead atoms. The second kappa shape index (κ2) is 3.16. The molecule has 11 heavy (non-hydrogen) atoms. The Bertz CT molecular complexity index is 122. The largest absolute Gasteiger partial charge is 0.0649 e. The van der Waals surface area contributed by atoms with Crippen molar-refractivity contribution in [3.05, 3.63) is 0 Å². The molecule has 0 N–H and O–H groups in total. The second-order valence-corrected chi connectivity index (χ2v) is 4.52. The van der Waals surface area contributed by atoms with E-state index in [1.165, 1.54) is 25.7 Å². The quantitative estimate of drug-likeness (QED) is 0.579. The van der Waals surface area contributed by atoms with Crippen molar-refractivity contribution >= 4 is 0 Å². The summed E-state index contributed by atoms with van der Waals surface area (Å²) in [5, 5.41) is 0. The van der Waals surface area contributed by atoms with Gasteiger partial charge < -0.3 is 0 Å². The molecule has 0 heterocycles. The van der Waals surface area contributed by atoms with Crippen LogP contribution in [0.3, 0.4) is 0 Å². The molecule has 0 amide bonds. The van der Waals surface area contributed by atoms with Gasteiger partial charge in [0.05, 0.1) is 0 Å². The fourth-order valence-electron chi connectivity index (χ4n) is 2.48. The van der Waals surface area contributed by atoms with Crippen LogP contribution >= 0.6 is 0 Å². The average Bonchev–Trinajstić information content (AvgIpc) is 2.01. The van der Waals surface area contributed by atoms with Crippen LogP contribution in [0.25, 0.3) is 0 Å². The first-order valence-electron chi connectivity index (χ1n) is 5.14. The maximum Gasteiger partial charge on any atom is -0.0300 e. The lowest BCUT2D eigenvalue weighted by Gasteiger charge is -2.47. The summed E-state index contributed by atoms with van der Waals surface area (Å²) < 4.78 is 0. The van der Waals surface area contributed by atoms with Crippen molar-refractivity contribution in [2.24, 2.45) is 17.3 Å². The predicted molar refractivity (Wildman–Crippen MR) is 50.6 cm³/mol. The molecule has 0 aromatic heterocycles. The van der Waals surface area contributed by atoms with Crippen LogP contribution in [0.2, 0.25) is 0 Å². The lowest BCUT2D eigenvalue weighted by molar-refractivity contribution is 0.0332. The Balaban J connectivity index is 2.54. The van der Waals surface area contributed by atoms with E-state index in [0.29, 0.717) is 5.41 Å². The fourth-order valence-corrected chi connectivity index (χ4v) is 2.48. The molecule has 1 aliphatic carbocycles. The van der Waals surface area contributed by atoms with Crippen LogP contribution in [-0.4, -0.2) is 0 Å². The SMILES string of the molecule is CCC(C)(CC)C1CCC1C. The van der Waals surface area contributed by atoms with E-state index < -0.39 is 0 Å². The van der Waals surface area contributed by atoms with Gasteiger partial charge in [-0.15, -0.1) is 0 Å². The molecule has 0 aliphatic heterocycles. The Morgan fingerprint density at radius 2 is 1.73 bits per heavy atom. The molecule has 0 heteroatoms. The highest BCUT2D eigenvalue weighted by atomic mass is 14.4. The molecule has 0 spiro atoms. The molecule has 0 nitrogen and oxygen atoms in total. The Hall–Kier alpha value is 0. The topological polar surface area (TPSA) is 0 Å². The van der Waals surface area contributed by atoms with E-state index in [9.17, 15) is 0 Å². The van der Waals surface area contributed by atoms with Gasteiger partial charge in [0.25, 0.3) is 0 Å². The zero-order valence-corrected chi connectivity index (χ0v) is 8.48. The van der Waals surface area contributed by atoms with E-state index in [2.05, 4.69) is 27.7 Å². The lowest BCUT2D eigenvalue weighted by Crippen LogP contribution is -2.37. The number of rotatable bonds is 3. The van der Waals surface area contributed by atoms with Gasteiger partial charge in [-0.3, -0.25) is 0 Å². The molecule has 2 atom stereocenters. The van der Waals surface area contributed by atoms with Crippen molar-refractivity contribution in [2.45, 2.75) is 53.4 Å². The lowest BCUT2D eigenvalue weighted by atomic mass is 9.58.